The first-order valence-corrected chi connectivity index (χ1v) is 7.77. The van der Waals surface area contributed by atoms with Crippen LogP contribution in [0.3, 0.4) is 0 Å². The summed E-state index contributed by atoms with van der Waals surface area (Å²) >= 11 is 1.42. The molecule has 21 heavy (non-hydrogen) atoms. The van der Waals surface area contributed by atoms with Crippen LogP contribution in [0.25, 0.3) is 10.2 Å². The molecule has 1 fully saturated rings. The lowest BCUT2D eigenvalue weighted by molar-refractivity contribution is -0.145. The molecule has 1 aliphatic rings. The van der Waals surface area contributed by atoms with Crippen LogP contribution < -0.4 is 5.32 Å². The summed E-state index contributed by atoms with van der Waals surface area (Å²) in [6.07, 6.45) is 1.99. The minimum atomic E-state index is -0.882. The van der Waals surface area contributed by atoms with E-state index in [4.69, 9.17) is 5.11 Å². The van der Waals surface area contributed by atoms with Gasteiger partial charge in [-0.15, -0.1) is 0 Å². The molecular formula is C15H16N2O3S. The maximum absolute atomic E-state index is 12.3. The number of carboxylic acids is 1. The van der Waals surface area contributed by atoms with Crippen molar-refractivity contribution in [1.29, 1.82) is 0 Å². The molecule has 1 saturated carbocycles. The summed E-state index contributed by atoms with van der Waals surface area (Å²) in [7, 11) is 0. The van der Waals surface area contributed by atoms with E-state index in [2.05, 4.69) is 10.3 Å². The maximum atomic E-state index is 12.3. The van der Waals surface area contributed by atoms with Gasteiger partial charge in [-0.3, -0.25) is 9.59 Å². The van der Waals surface area contributed by atoms with Crippen LogP contribution in [0.1, 0.15) is 24.8 Å². The van der Waals surface area contributed by atoms with Gasteiger partial charge in [0.1, 0.15) is 0 Å². The molecule has 0 unspecified atom stereocenters. The quantitative estimate of drug-likeness (QED) is 0.913. The van der Waals surface area contributed by atoms with E-state index in [1.165, 1.54) is 11.3 Å². The van der Waals surface area contributed by atoms with E-state index in [1.54, 1.807) is 0 Å². The second kappa shape index (κ2) is 5.44. The first kappa shape index (κ1) is 14.0. The van der Waals surface area contributed by atoms with Crippen LogP contribution in [0.5, 0.6) is 0 Å². The lowest BCUT2D eigenvalue weighted by Gasteiger charge is -2.14. The number of benzene rings is 1. The molecule has 1 amide bonds. The third-order valence-corrected chi connectivity index (χ3v) is 4.88. The zero-order valence-corrected chi connectivity index (χ0v) is 12.4. The summed E-state index contributed by atoms with van der Waals surface area (Å²) < 4.78 is 1.02. The highest BCUT2D eigenvalue weighted by molar-refractivity contribution is 7.22. The van der Waals surface area contributed by atoms with E-state index < -0.39 is 17.8 Å². The average Bonchev–Trinajstić information content (AvgIpc) is 3.03. The molecule has 0 bridgehead atoms. The number of nitrogens with one attached hydrogen (secondary N) is 1. The number of carbonyl (C=O) groups is 2. The van der Waals surface area contributed by atoms with Crippen molar-refractivity contribution in [2.75, 3.05) is 5.32 Å². The molecule has 0 aliphatic heterocycles. The number of anilines is 1. The molecule has 2 aromatic rings. The molecule has 3 rings (SSSR count). The number of nitrogens with zero attached hydrogens (tertiary/aromatic N) is 1. The minimum absolute atomic E-state index is 0.226. The van der Waals surface area contributed by atoms with Crippen molar-refractivity contribution in [2.45, 2.75) is 26.2 Å². The number of amides is 1. The monoisotopic (exact) mass is 304 g/mol. The van der Waals surface area contributed by atoms with Gasteiger partial charge in [0.25, 0.3) is 0 Å². The van der Waals surface area contributed by atoms with Crippen molar-refractivity contribution < 1.29 is 14.7 Å². The molecule has 0 spiro atoms. The zero-order valence-electron chi connectivity index (χ0n) is 11.6. The van der Waals surface area contributed by atoms with Crippen LogP contribution in [-0.2, 0) is 9.59 Å². The molecule has 2 N–H and O–H groups in total. The molecule has 0 radical (unpaired) electrons. The van der Waals surface area contributed by atoms with Gasteiger partial charge in [0.2, 0.25) is 5.91 Å². The Kier molecular flexibility index (Phi) is 3.63. The van der Waals surface area contributed by atoms with Crippen molar-refractivity contribution >= 4 is 38.6 Å². The van der Waals surface area contributed by atoms with Crippen molar-refractivity contribution in [3.8, 4) is 0 Å². The molecule has 1 aromatic heterocycles. The summed E-state index contributed by atoms with van der Waals surface area (Å²) in [5.74, 6) is -2.12. The first-order valence-electron chi connectivity index (χ1n) is 6.95. The van der Waals surface area contributed by atoms with E-state index >= 15 is 0 Å². The van der Waals surface area contributed by atoms with Gasteiger partial charge in [-0.05, 0) is 37.5 Å². The van der Waals surface area contributed by atoms with Crippen molar-refractivity contribution in [3.63, 3.8) is 0 Å². The Morgan fingerprint density at radius 3 is 2.86 bits per heavy atom. The fourth-order valence-electron chi connectivity index (χ4n) is 2.85. The van der Waals surface area contributed by atoms with Crippen LogP contribution >= 0.6 is 11.3 Å². The second-order valence-corrected chi connectivity index (χ2v) is 6.49. The predicted octanol–water partition coefficient (Wildman–Crippen LogP) is 3.04. The lowest BCUT2D eigenvalue weighted by Crippen LogP contribution is -2.29. The van der Waals surface area contributed by atoms with Crippen molar-refractivity contribution in [3.05, 3.63) is 23.8 Å². The highest BCUT2D eigenvalue weighted by Gasteiger charge is 2.37. The molecule has 1 aromatic carbocycles. The number of carbonyl (C=O) groups excluding carboxylic acids is 1. The van der Waals surface area contributed by atoms with Crippen LogP contribution in [0.15, 0.2) is 18.2 Å². The van der Waals surface area contributed by atoms with Gasteiger partial charge in [0.15, 0.2) is 5.13 Å². The summed E-state index contributed by atoms with van der Waals surface area (Å²) in [5.41, 5.74) is 1.99. The van der Waals surface area contributed by atoms with E-state index in [1.807, 2.05) is 25.1 Å². The van der Waals surface area contributed by atoms with Gasteiger partial charge in [0.05, 0.1) is 22.1 Å². The van der Waals surface area contributed by atoms with Gasteiger partial charge in [-0.25, -0.2) is 4.98 Å². The SMILES string of the molecule is Cc1ccc2nc(NC(=O)[C@@H]3CCC[C@@H]3C(=O)O)sc2c1. The maximum Gasteiger partial charge on any atom is 0.307 e. The number of thiazole rings is 1. The number of rotatable bonds is 3. The zero-order chi connectivity index (χ0) is 15.0. The molecule has 2 atom stereocenters. The Morgan fingerprint density at radius 1 is 1.33 bits per heavy atom. The third-order valence-electron chi connectivity index (χ3n) is 3.94. The number of hydrogen-bond acceptors (Lipinski definition) is 4. The van der Waals surface area contributed by atoms with Crippen LogP contribution in [0.4, 0.5) is 5.13 Å². The molecular weight excluding hydrogens is 288 g/mol. The van der Waals surface area contributed by atoms with Crippen molar-refractivity contribution in [2.24, 2.45) is 11.8 Å². The van der Waals surface area contributed by atoms with Crippen molar-refractivity contribution in [1.82, 2.24) is 4.98 Å². The standard InChI is InChI=1S/C15H16N2O3S/c1-8-5-6-11-12(7-8)21-15(16-11)17-13(18)9-3-2-4-10(9)14(19)20/h5-7,9-10H,2-4H2,1H3,(H,19,20)(H,16,17,18)/t9-,10+/m1/s1. The smallest absolute Gasteiger partial charge is 0.307 e. The van der Waals surface area contributed by atoms with Gasteiger partial charge in [-0.2, -0.15) is 0 Å². The predicted molar refractivity (Wildman–Crippen MR) is 81.5 cm³/mol. The fourth-order valence-corrected chi connectivity index (χ4v) is 3.82. The third kappa shape index (κ3) is 2.76. The Bertz CT molecular complexity index is 710. The molecule has 6 heteroatoms. The first-order chi connectivity index (χ1) is 10.0. The molecule has 1 heterocycles. The lowest BCUT2D eigenvalue weighted by atomic mass is 9.95. The summed E-state index contributed by atoms with van der Waals surface area (Å²) in [6, 6.07) is 5.93. The Labute approximate surface area is 126 Å². The number of aromatic nitrogens is 1. The fraction of sp³-hybridized carbons (Fsp3) is 0.400. The summed E-state index contributed by atoms with van der Waals surface area (Å²) in [6.45, 7) is 2.01. The molecule has 1 aliphatic carbocycles. The van der Waals surface area contributed by atoms with Crippen LogP contribution in [0.2, 0.25) is 0 Å². The van der Waals surface area contributed by atoms with Gasteiger partial charge < -0.3 is 10.4 Å². The number of fused-ring (bicyclic) bond motifs is 1. The Balaban J connectivity index is 1.78. The number of aliphatic carboxylic acids is 1. The average molecular weight is 304 g/mol. The van der Waals surface area contributed by atoms with Crippen LogP contribution in [0, 0.1) is 18.8 Å². The van der Waals surface area contributed by atoms with E-state index in [0.717, 1.165) is 22.2 Å². The number of hydrogen-bond donors (Lipinski definition) is 2. The second-order valence-electron chi connectivity index (χ2n) is 5.46. The molecule has 5 nitrogen and oxygen atoms in total. The minimum Gasteiger partial charge on any atom is -0.481 e. The molecule has 110 valence electrons. The van der Waals surface area contributed by atoms with E-state index in [9.17, 15) is 9.59 Å². The van der Waals surface area contributed by atoms with Gasteiger partial charge in [0, 0.05) is 0 Å². The number of aryl methyl sites for hydroxylation is 1. The van der Waals surface area contributed by atoms with Crippen LogP contribution in [-0.4, -0.2) is 22.0 Å². The Morgan fingerprint density at radius 2 is 2.10 bits per heavy atom. The topological polar surface area (TPSA) is 79.3 Å². The highest BCUT2D eigenvalue weighted by atomic mass is 32.1. The molecule has 0 saturated heterocycles. The van der Waals surface area contributed by atoms with E-state index in [0.29, 0.717) is 18.0 Å². The Hall–Kier alpha value is -1.95. The van der Waals surface area contributed by atoms with Gasteiger partial charge in [-0.1, -0.05) is 23.8 Å². The number of carboxylic acid groups (broad SMARTS) is 1. The summed E-state index contributed by atoms with van der Waals surface area (Å²) in [4.78, 5) is 27.8. The highest BCUT2D eigenvalue weighted by Crippen LogP contribution is 2.34. The van der Waals surface area contributed by atoms with Gasteiger partial charge >= 0.3 is 5.97 Å². The summed E-state index contributed by atoms with van der Waals surface area (Å²) in [5, 5.41) is 12.5. The largest absolute Gasteiger partial charge is 0.481 e. The normalized spacial score (nSPS) is 21.6. The van der Waals surface area contributed by atoms with E-state index in [-0.39, 0.29) is 5.91 Å².